The van der Waals surface area contributed by atoms with Crippen molar-refractivity contribution in [3.8, 4) is 11.5 Å². The number of hydrogen-bond acceptors (Lipinski definition) is 5. The van der Waals surface area contributed by atoms with Crippen molar-refractivity contribution in [2.75, 3.05) is 12.0 Å². The van der Waals surface area contributed by atoms with Crippen molar-refractivity contribution >= 4 is 17.9 Å². The van der Waals surface area contributed by atoms with Crippen LogP contribution in [0.1, 0.15) is 28.4 Å². The quantitative estimate of drug-likeness (QED) is 0.387. The summed E-state index contributed by atoms with van der Waals surface area (Å²) in [6.45, 7) is 2.61. The zero-order valence-electron chi connectivity index (χ0n) is 16.3. The van der Waals surface area contributed by atoms with E-state index in [-0.39, 0.29) is 18.0 Å². The van der Waals surface area contributed by atoms with Crippen LogP contribution >= 0.6 is 0 Å². The van der Waals surface area contributed by atoms with Gasteiger partial charge in [0, 0.05) is 0 Å². The molecule has 3 aromatic rings. The molecule has 0 amide bonds. The van der Waals surface area contributed by atoms with Crippen LogP contribution in [-0.2, 0) is 6.61 Å². The molecular weight excluding hydrogens is 387 g/mol. The van der Waals surface area contributed by atoms with Crippen molar-refractivity contribution in [3.63, 3.8) is 0 Å². The third kappa shape index (κ3) is 5.57. The summed E-state index contributed by atoms with van der Waals surface area (Å²) in [5, 5.41) is 13.3. The Morgan fingerprint density at radius 3 is 2.57 bits per heavy atom. The molecule has 154 valence electrons. The summed E-state index contributed by atoms with van der Waals surface area (Å²) in [6.07, 6.45) is 1.56. The van der Waals surface area contributed by atoms with Gasteiger partial charge in [0.25, 0.3) is 0 Å². The first-order valence-electron chi connectivity index (χ1n) is 9.32. The van der Waals surface area contributed by atoms with Crippen LogP contribution in [0.5, 0.6) is 11.5 Å². The molecule has 0 aliphatic carbocycles. The second-order valence-corrected chi connectivity index (χ2v) is 6.28. The van der Waals surface area contributed by atoms with Crippen molar-refractivity contribution < 1.29 is 23.8 Å². The van der Waals surface area contributed by atoms with E-state index in [1.807, 2.05) is 6.92 Å². The summed E-state index contributed by atoms with van der Waals surface area (Å²) in [6, 6.07) is 18.0. The molecule has 0 unspecified atom stereocenters. The third-order valence-electron chi connectivity index (χ3n) is 4.13. The highest BCUT2D eigenvalue weighted by Gasteiger charge is 2.09. The van der Waals surface area contributed by atoms with Gasteiger partial charge >= 0.3 is 5.97 Å². The molecule has 3 aromatic carbocycles. The number of carbonyl (C=O) groups is 1. The number of nitrogens with zero attached hydrogens (tertiary/aromatic N) is 1. The highest BCUT2D eigenvalue weighted by molar-refractivity contribution is 5.94. The van der Waals surface area contributed by atoms with Crippen molar-refractivity contribution in [2.24, 2.45) is 5.10 Å². The number of nitrogens with one attached hydrogen (secondary N) is 1. The van der Waals surface area contributed by atoms with E-state index in [2.05, 4.69) is 10.5 Å². The fourth-order valence-corrected chi connectivity index (χ4v) is 2.68. The van der Waals surface area contributed by atoms with E-state index in [1.54, 1.807) is 54.7 Å². The number of anilines is 1. The van der Waals surface area contributed by atoms with Gasteiger partial charge in [-0.15, -0.1) is 0 Å². The fraction of sp³-hybridized carbons (Fsp3) is 0.130. The summed E-state index contributed by atoms with van der Waals surface area (Å²) in [5.41, 5.74) is 4.86. The number of ether oxygens (including phenoxy) is 2. The first kappa shape index (κ1) is 20.9. The molecule has 0 atom stereocenters. The lowest BCUT2D eigenvalue weighted by atomic mass is 10.2. The molecular formula is C23H21FN2O4. The average molecular weight is 408 g/mol. The second kappa shape index (κ2) is 10.1. The predicted octanol–water partition coefficient (Wildman–Crippen LogP) is 4.95. The van der Waals surface area contributed by atoms with Gasteiger partial charge in [0.15, 0.2) is 11.5 Å². The molecule has 3 rings (SSSR count). The van der Waals surface area contributed by atoms with E-state index in [9.17, 15) is 14.3 Å². The molecule has 0 heterocycles. The van der Waals surface area contributed by atoms with Gasteiger partial charge < -0.3 is 14.6 Å². The van der Waals surface area contributed by atoms with Crippen LogP contribution in [0.4, 0.5) is 10.1 Å². The third-order valence-corrected chi connectivity index (χ3v) is 4.13. The highest BCUT2D eigenvalue weighted by atomic mass is 19.1. The summed E-state index contributed by atoms with van der Waals surface area (Å²) < 4.78 is 24.5. The summed E-state index contributed by atoms with van der Waals surface area (Å²) in [7, 11) is 0. The Labute approximate surface area is 173 Å². The molecule has 0 aromatic heterocycles. The van der Waals surface area contributed by atoms with E-state index >= 15 is 0 Å². The Hall–Kier alpha value is -3.87. The van der Waals surface area contributed by atoms with Crippen LogP contribution in [-0.4, -0.2) is 23.9 Å². The minimum atomic E-state index is -1.03. The second-order valence-electron chi connectivity index (χ2n) is 6.28. The van der Waals surface area contributed by atoms with E-state index < -0.39 is 5.97 Å². The Morgan fingerprint density at radius 2 is 1.83 bits per heavy atom. The van der Waals surface area contributed by atoms with Crippen molar-refractivity contribution in [1.29, 1.82) is 0 Å². The normalized spacial score (nSPS) is 10.7. The molecule has 0 bridgehead atoms. The molecule has 0 saturated carbocycles. The number of carboxylic acids is 1. The number of halogens is 1. The first-order chi connectivity index (χ1) is 14.6. The van der Waals surface area contributed by atoms with Crippen LogP contribution in [0.15, 0.2) is 71.8 Å². The number of rotatable bonds is 9. The number of aromatic carboxylic acids is 1. The molecule has 6 nitrogen and oxygen atoms in total. The minimum absolute atomic E-state index is 0.134. The maximum atomic E-state index is 13.0. The van der Waals surface area contributed by atoms with Gasteiger partial charge in [-0.25, -0.2) is 9.18 Å². The Balaban J connectivity index is 1.70. The highest BCUT2D eigenvalue weighted by Crippen LogP contribution is 2.29. The fourth-order valence-electron chi connectivity index (χ4n) is 2.68. The Kier molecular flexibility index (Phi) is 7.00. The number of para-hydroxylation sites is 1. The molecule has 2 N–H and O–H groups in total. The van der Waals surface area contributed by atoms with Crippen LogP contribution in [0.2, 0.25) is 0 Å². The van der Waals surface area contributed by atoms with Gasteiger partial charge in [0.2, 0.25) is 0 Å². The smallest absolute Gasteiger partial charge is 0.337 e. The van der Waals surface area contributed by atoms with Gasteiger partial charge in [0.05, 0.1) is 24.1 Å². The Bertz CT molecular complexity index is 1040. The SMILES string of the molecule is CCOc1cc(C=NNc2ccccc2C(=O)O)ccc1OCc1ccc(F)cc1. The van der Waals surface area contributed by atoms with Gasteiger partial charge in [0.1, 0.15) is 12.4 Å². The number of hydrogen-bond donors (Lipinski definition) is 2. The van der Waals surface area contributed by atoms with Crippen molar-refractivity contribution in [3.05, 3.63) is 89.2 Å². The van der Waals surface area contributed by atoms with E-state index in [4.69, 9.17) is 9.47 Å². The van der Waals surface area contributed by atoms with Crippen LogP contribution < -0.4 is 14.9 Å². The van der Waals surface area contributed by atoms with Gasteiger partial charge in [-0.05, 0) is 60.5 Å². The zero-order chi connectivity index (χ0) is 21.3. The number of carboxylic acid groups (broad SMARTS) is 1. The van der Waals surface area contributed by atoms with E-state index in [0.717, 1.165) is 11.1 Å². The van der Waals surface area contributed by atoms with Gasteiger partial charge in [-0.3, -0.25) is 5.43 Å². The van der Waals surface area contributed by atoms with Crippen LogP contribution in [0, 0.1) is 5.82 Å². The zero-order valence-corrected chi connectivity index (χ0v) is 16.3. The van der Waals surface area contributed by atoms with Crippen LogP contribution in [0.25, 0.3) is 0 Å². The lowest BCUT2D eigenvalue weighted by Crippen LogP contribution is -2.02. The average Bonchev–Trinajstić information content (AvgIpc) is 2.75. The molecule has 0 saturated heterocycles. The van der Waals surface area contributed by atoms with Gasteiger partial charge in [-0.2, -0.15) is 5.10 Å². The number of benzene rings is 3. The van der Waals surface area contributed by atoms with E-state index in [1.165, 1.54) is 18.2 Å². The molecule has 0 fully saturated rings. The maximum absolute atomic E-state index is 13.0. The molecule has 0 radical (unpaired) electrons. The lowest BCUT2D eigenvalue weighted by molar-refractivity contribution is 0.0698. The largest absolute Gasteiger partial charge is 0.490 e. The topological polar surface area (TPSA) is 80.2 Å². The minimum Gasteiger partial charge on any atom is -0.490 e. The standard InChI is InChI=1S/C23H21FN2O4/c1-2-29-22-13-17(14-25-26-20-6-4-3-5-19(20)23(27)28)9-12-21(22)30-15-16-7-10-18(24)11-8-16/h3-14,26H,2,15H2,1H3,(H,27,28). The molecule has 0 aliphatic rings. The molecule has 0 spiro atoms. The summed E-state index contributed by atoms with van der Waals surface area (Å²) in [5.74, 6) is -0.219. The van der Waals surface area contributed by atoms with Gasteiger partial charge in [-0.1, -0.05) is 24.3 Å². The first-order valence-corrected chi connectivity index (χ1v) is 9.32. The maximum Gasteiger partial charge on any atom is 0.337 e. The Morgan fingerprint density at radius 1 is 1.07 bits per heavy atom. The van der Waals surface area contributed by atoms with Crippen molar-refractivity contribution in [1.82, 2.24) is 0 Å². The summed E-state index contributed by atoms with van der Waals surface area (Å²) >= 11 is 0. The predicted molar refractivity (Wildman–Crippen MR) is 113 cm³/mol. The summed E-state index contributed by atoms with van der Waals surface area (Å²) in [4.78, 5) is 11.2. The molecule has 30 heavy (non-hydrogen) atoms. The van der Waals surface area contributed by atoms with Crippen molar-refractivity contribution in [2.45, 2.75) is 13.5 Å². The van der Waals surface area contributed by atoms with E-state index in [0.29, 0.717) is 23.8 Å². The molecule has 0 aliphatic heterocycles. The number of hydrazone groups is 1. The molecule has 7 heteroatoms. The monoisotopic (exact) mass is 408 g/mol. The van der Waals surface area contributed by atoms with Crippen LogP contribution in [0.3, 0.4) is 0 Å². The lowest BCUT2D eigenvalue weighted by Gasteiger charge is -2.12.